The highest BCUT2D eigenvalue weighted by Crippen LogP contribution is 2.47. The molecule has 0 bridgehead atoms. The van der Waals surface area contributed by atoms with E-state index in [9.17, 15) is 16.4 Å². The zero-order valence-corrected chi connectivity index (χ0v) is 25.1. The molecular formula is C50H32. The molecule has 0 saturated heterocycles. The minimum Gasteiger partial charge on any atom is -0.0616 e. The lowest BCUT2D eigenvalue weighted by Crippen LogP contribution is -1.93. The van der Waals surface area contributed by atoms with Gasteiger partial charge in [0, 0.05) is 0 Å². The summed E-state index contributed by atoms with van der Waals surface area (Å²) in [4.78, 5) is 0. The molecule has 0 amide bonds. The summed E-state index contributed by atoms with van der Waals surface area (Å²) < 4.78 is 283. The second kappa shape index (κ2) is 11.6. The zero-order chi connectivity index (χ0) is 60.0. The first-order chi connectivity index (χ1) is 37.7. The van der Waals surface area contributed by atoms with Crippen molar-refractivity contribution >= 4 is 53.9 Å². The second-order valence-electron chi connectivity index (χ2n) is 10.8. The Hall–Kier alpha value is -6.50. The summed E-state index contributed by atoms with van der Waals surface area (Å²) in [5, 5.41) is -7.26. The average molecular weight is 664 g/mol. The fourth-order valence-corrected chi connectivity index (χ4v) is 6.00. The maximum absolute atomic E-state index is 10.4. The van der Waals surface area contributed by atoms with Crippen molar-refractivity contribution in [2.24, 2.45) is 0 Å². The molecule has 0 radical (unpaired) electrons. The van der Waals surface area contributed by atoms with Crippen LogP contribution in [0.2, 0.25) is 0 Å². The van der Waals surface area contributed by atoms with Crippen LogP contribution in [0.3, 0.4) is 0 Å². The molecule has 0 fully saturated rings. The van der Waals surface area contributed by atoms with Crippen molar-refractivity contribution in [1.29, 1.82) is 0 Å². The lowest BCUT2D eigenvalue weighted by atomic mass is 9.83. The van der Waals surface area contributed by atoms with E-state index in [0.717, 1.165) is 6.07 Å². The fourth-order valence-electron chi connectivity index (χ4n) is 6.00. The quantitative estimate of drug-likeness (QED) is 0.164. The van der Waals surface area contributed by atoms with Crippen molar-refractivity contribution in [3.8, 4) is 44.5 Å². The van der Waals surface area contributed by atoms with E-state index < -0.39 is 286 Å². The number of rotatable bonds is 4. The molecule has 0 atom stereocenters. The van der Waals surface area contributed by atoms with Gasteiger partial charge in [-0.05, 0) is 110 Å². The standard InChI is InChI=1S/C50H32/c1-4-21-39-33(13-1)16-10-26-42(39)36-19-9-20-38(31-36)49-45-24-7-8-25-46(45)50(44-28-12-18-35-15-3-6-23-41(35)44)47-30-29-37(32-48(47)49)43-27-11-17-34-14-2-5-22-40(34)43/h1-32H/i1D,2D,3D,4D,5D,6D,7D,8D,9D,10D,11D,12D,13D,14D,15D,16D,17D,18D,19D,20D,21D,22D,24D,25D,26D,27D,28D,29D,30D,31D,32D. The van der Waals surface area contributed by atoms with Gasteiger partial charge < -0.3 is 0 Å². The van der Waals surface area contributed by atoms with Crippen LogP contribution in [-0.2, 0) is 0 Å². The Morgan fingerprint density at radius 2 is 0.720 bits per heavy atom. The van der Waals surface area contributed by atoms with Crippen LogP contribution in [0.15, 0.2) is 193 Å². The lowest BCUT2D eigenvalue weighted by Gasteiger charge is -2.20. The van der Waals surface area contributed by atoms with Crippen molar-refractivity contribution in [3.05, 3.63) is 193 Å². The summed E-state index contributed by atoms with van der Waals surface area (Å²) in [5.41, 5.74) is -6.94. The summed E-state index contributed by atoms with van der Waals surface area (Å²) in [5.74, 6) is 0. The van der Waals surface area contributed by atoms with Gasteiger partial charge in [-0.2, -0.15) is 0 Å². The zero-order valence-electron chi connectivity index (χ0n) is 56.1. The molecule has 10 aromatic rings. The highest BCUT2D eigenvalue weighted by molar-refractivity contribution is 6.24. The summed E-state index contributed by atoms with van der Waals surface area (Å²) in [7, 11) is 0. The minimum atomic E-state index is -1.18. The molecule has 0 heteroatoms. The van der Waals surface area contributed by atoms with E-state index in [2.05, 4.69) is 0 Å². The monoisotopic (exact) mass is 663 g/mol. The molecule has 50 heavy (non-hydrogen) atoms. The lowest BCUT2D eigenvalue weighted by molar-refractivity contribution is 1.63. The summed E-state index contributed by atoms with van der Waals surface area (Å²) >= 11 is 0. The van der Waals surface area contributed by atoms with Crippen molar-refractivity contribution < 1.29 is 42.5 Å². The molecule has 0 N–H and O–H groups in total. The molecule has 0 saturated carbocycles. The largest absolute Gasteiger partial charge is 0.0636 e. The van der Waals surface area contributed by atoms with E-state index in [0.29, 0.717) is 0 Å². The molecule has 232 valence electrons. The Bertz CT molecular complexity index is 4670. The Morgan fingerprint density at radius 1 is 0.260 bits per heavy atom. The smallest absolute Gasteiger partial charge is 0.0616 e. The Labute approximate surface area is 335 Å². The maximum Gasteiger partial charge on any atom is 0.0636 e. The van der Waals surface area contributed by atoms with E-state index in [1.165, 1.54) is 0 Å². The summed E-state index contributed by atoms with van der Waals surface area (Å²) in [6, 6.07) is -29.9. The topological polar surface area (TPSA) is 0 Å². The minimum absolute atomic E-state index is 0.475. The Morgan fingerprint density at radius 3 is 1.40 bits per heavy atom. The first-order valence-corrected chi connectivity index (χ1v) is 14.8. The van der Waals surface area contributed by atoms with Gasteiger partial charge in [-0.25, -0.2) is 0 Å². The number of hydrogen-bond donors (Lipinski definition) is 0. The van der Waals surface area contributed by atoms with Gasteiger partial charge in [-0.3, -0.25) is 0 Å². The molecule has 0 unspecified atom stereocenters. The Kier molecular flexibility index (Phi) is 2.61. The van der Waals surface area contributed by atoms with Gasteiger partial charge in [0.25, 0.3) is 0 Å². The summed E-state index contributed by atoms with van der Waals surface area (Å²) in [6.07, 6.45) is 0. The van der Waals surface area contributed by atoms with Crippen molar-refractivity contribution in [2.75, 3.05) is 0 Å². The van der Waals surface area contributed by atoms with Crippen LogP contribution in [0.4, 0.5) is 0 Å². The maximum atomic E-state index is 10.4. The number of hydrogen-bond acceptors (Lipinski definition) is 0. The van der Waals surface area contributed by atoms with Gasteiger partial charge in [0.15, 0.2) is 0 Å². The first-order valence-electron chi connectivity index (χ1n) is 30.3. The molecule has 0 aromatic heterocycles. The third-order valence-corrected chi connectivity index (χ3v) is 8.14. The van der Waals surface area contributed by atoms with Gasteiger partial charge in [0.05, 0.1) is 42.5 Å². The molecule has 0 aliphatic rings. The normalized spacial score (nSPS) is 20.3. The van der Waals surface area contributed by atoms with Gasteiger partial charge in [0.2, 0.25) is 0 Å². The molecule has 10 rings (SSSR count). The van der Waals surface area contributed by atoms with Gasteiger partial charge in [0.1, 0.15) is 0 Å². The molecule has 0 aliphatic heterocycles. The molecule has 0 spiro atoms. The third-order valence-electron chi connectivity index (χ3n) is 8.14. The van der Waals surface area contributed by atoms with E-state index >= 15 is 0 Å². The van der Waals surface area contributed by atoms with Crippen molar-refractivity contribution in [3.63, 3.8) is 0 Å². The van der Waals surface area contributed by atoms with Crippen LogP contribution in [0, 0.1) is 0 Å². The van der Waals surface area contributed by atoms with Crippen molar-refractivity contribution in [1.82, 2.24) is 0 Å². The average Bonchev–Trinajstić information content (AvgIpc) is 2.94. The molecular weight excluding hydrogens is 601 g/mol. The molecule has 10 aromatic carbocycles. The number of benzene rings is 10. The van der Waals surface area contributed by atoms with Gasteiger partial charge >= 0.3 is 0 Å². The van der Waals surface area contributed by atoms with Gasteiger partial charge in [-0.1, -0.05) is 181 Å². The van der Waals surface area contributed by atoms with Crippen LogP contribution >= 0.6 is 0 Å². The Balaban J connectivity index is 1.61. The van der Waals surface area contributed by atoms with Crippen LogP contribution in [0.1, 0.15) is 42.5 Å². The predicted octanol–water partition coefficient (Wildman–Crippen LogP) is 14.1. The molecule has 0 aliphatic carbocycles. The van der Waals surface area contributed by atoms with Crippen LogP contribution in [0.5, 0.6) is 0 Å². The van der Waals surface area contributed by atoms with Crippen molar-refractivity contribution in [2.45, 2.75) is 0 Å². The van der Waals surface area contributed by atoms with E-state index in [1.54, 1.807) is 0 Å². The highest BCUT2D eigenvalue weighted by Gasteiger charge is 2.19. The highest BCUT2D eigenvalue weighted by atomic mass is 14.2. The second-order valence-corrected chi connectivity index (χ2v) is 10.8. The van der Waals surface area contributed by atoms with Gasteiger partial charge in [-0.15, -0.1) is 0 Å². The van der Waals surface area contributed by atoms with E-state index in [1.807, 2.05) is 0 Å². The van der Waals surface area contributed by atoms with Crippen LogP contribution < -0.4 is 0 Å². The number of fused-ring (bicyclic) bond motifs is 5. The first kappa shape index (κ1) is 11.3. The van der Waals surface area contributed by atoms with E-state index in [-0.39, 0.29) is 0 Å². The SMILES string of the molecule is [2H]c1cc2c(-c3c4c([2H])c([2H])c([2H])c([2H])c4c(-c4c([2H])c([2H])c([2H])c(-c5c([2H])c([2H])c([2H])c6c([2H])c([2H])c([2H])c([2H])c56)c4[2H])c4c([2H])c(-c5c([2H])c([2H])c([2H])c6c([2H])c([2H])c([2H])c([2H])c56)c([2H])c([2H])c34)c([2H])c([2H])c([2H])c2c([2H])c1[2H]. The molecule has 0 heterocycles. The third kappa shape index (κ3) is 4.54. The van der Waals surface area contributed by atoms with E-state index in [4.69, 9.17) is 26.0 Å². The van der Waals surface area contributed by atoms with Crippen LogP contribution in [-0.4, -0.2) is 0 Å². The predicted molar refractivity (Wildman–Crippen MR) is 216 cm³/mol. The fraction of sp³-hybridized carbons (Fsp3) is 0. The molecule has 0 nitrogen and oxygen atoms in total. The van der Waals surface area contributed by atoms with Crippen LogP contribution in [0.25, 0.3) is 98.4 Å². The summed E-state index contributed by atoms with van der Waals surface area (Å²) in [6.45, 7) is 0.